The molecule has 16 heavy (non-hydrogen) atoms. The van der Waals surface area contributed by atoms with Crippen molar-refractivity contribution < 1.29 is 4.42 Å². The predicted octanol–water partition coefficient (Wildman–Crippen LogP) is 5.14. The molecular formula is C15H26O. The Kier molecular flexibility index (Phi) is 7.03. The number of hydrogen-bond donors (Lipinski definition) is 0. The minimum Gasteiger partial charge on any atom is -0.472 e. The molecule has 0 aliphatic carbocycles. The normalized spacial score (nSPS) is 10.9. The van der Waals surface area contributed by atoms with E-state index < -0.39 is 0 Å². The van der Waals surface area contributed by atoms with Gasteiger partial charge in [0.05, 0.1) is 12.5 Å². The topological polar surface area (TPSA) is 13.1 Å². The van der Waals surface area contributed by atoms with Gasteiger partial charge < -0.3 is 4.42 Å². The number of rotatable bonds is 9. The number of unbranched alkanes of at least 4 members (excludes halogenated alkanes) is 5. The molecule has 0 aliphatic heterocycles. The molecule has 0 unspecified atom stereocenters. The van der Waals surface area contributed by atoms with E-state index in [0.29, 0.717) is 0 Å². The van der Waals surface area contributed by atoms with Gasteiger partial charge in [0.1, 0.15) is 0 Å². The fourth-order valence-electron chi connectivity index (χ4n) is 2.10. The van der Waals surface area contributed by atoms with Crippen LogP contribution in [0.2, 0.25) is 0 Å². The molecule has 0 amide bonds. The van der Waals surface area contributed by atoms with Crippen molar-refractivity contribution >= 4 is 0 Å². The van der Waals surface area contributed by atoms with Crippen molar-refractivity contribution in [3.8, 4) is 0 Å². The lowest BCUT2D eigenvalue weighted by atomic mass is 10.0. The molecule has 1 aromatic heterocycles. The lowest BCUT2D eigenvalue weighted by molar-refractivity contribution is 0.558. The minimum atomic E-state index is 1.20. The molecule has 0 radical (unpaired) electrons. The van der Waals surface area contributed by atoms with Crippen molar-refractivity contribution in [1.82, 2.24) is 0 Å². The average molecular weight is 222 g/mol. The second-order valence-corrected chi connectivity index (χ2v) is 4.69. The third-order valence-electron chi connectivity index (χ3n) is 3.18. The van der Waals surface area contributed by atoms with Crippen molar-refractivity contribution in [2.45, 2.75) is 71.6 Å². The van der Waals surface area contributed by atoms with Crippen molar-refractivity contribution in [3.05, 3.63) is 23.7 Å². The van der Waals surface area contributed by atoms with Gasteiger partial charge >= 0.3 is 0 Å². The molecular weight excluding hydrogens is 196 g/mol. The van der Waals surface area contributed by atoms with Gasteiger partial charge in [-0.05, 0) is 36.8 Å². The van der Waals surface area contributed by atoms with Gasteiger partial charge in [0.15, 0.2) is 0 Å². The van der Waals surface area contributed by atoms with Crippen LogP contribution in [0.3, 0.4) is 0 Å². The SMILES string of the molecule is CCCCCCc1cocc1CCCCC. The molecule has 0 N–H and O–H groups in total. The molecule has 1 heterocycles. The van der Waals surface area contributed by atoms with Crippen LogP contribution in [-0.2, 0) is 12.8 Å². The first kappa shape index (κ1) is 13.3. The number of aryl methyl sites for hydroxylation is 2. The summed E-state index contributed by atoms with van der Waals surface area (Å²) in [5, 5.41) is 0. The van der Waals surface area contributed by atoms with Gasteiger partial charge in [-0.3, -0.25) is 0 Å². The second-order valence-electron chi connectivity index (χ2n) is 4.69. The van der Waals surface area contributed by atoms with Crippen LogP contribution in [0.1, 0.15) is 69.9 Å². The minimum absolute atomic E-state index is 1.20. The fraction of sp³-hybridized carbons (Fsp3) is 0.733. The van der Waals surface area contributed by atoms with E-state index in [1.54, 1.807) is 0 Å². The number of furan rings is 1. The highest BCUT2D eigenvalue weighted by molar-refractivity contribution is 5.21. The quantitative estimate of drug-likeness (QED) is 0.528. The van der Waals surface area contributed by atoms with Crippen molar-refractivity contribution in [2.75, 3.05) is 0 Å². The fourth-order valence-corrected chi connectivity index (χ4v) is 2.10. The van der Waals surface area contributed by atoms with Crippen LogP contribution < -0.4 is 0 Å². The highest BCUT2D eigenvalue weighted by atomic mass is 16.3. The van der Waals surface area contributed by atoms with E-state index in [1.165, 1.54) is 68.9 Å². The Labute approximate surface area is 100 Å². The van der Waals surface area contributed by atoms with Gasteiger partial charge in [-0.1, -0.05) is 46.0 Å². The summed E-state index contributed by atoms with van der Waals surface area (Å²) in [7, 11) is 0. The zero-order chi connectivity index (χ0) is 11.6. The molecule has 1 rings (SSSR count). The van der Waals surface area contributed by atoms with Crippen LogP contribution in [-0.4, -0.2) is 0 Å². The maximum absolute atomic E-state index is 5.33. The molecule has 92 valence electrons. The average Bonchev–Trinajstić information content (AvgIpc) is 2.73. The Morgan fingerprint density at radius 2 is 1.25 bits per heavy atom. The van der Waals surface area contributed by atoms with Gasteiger partial charge in [0.2, 0.25) is 0 Å². The van der Waals surface area contributed by atoms with E-state index in [4.69, 9.17) is 4.42 Å². The van der Waals surface area contributed by atoms with Crippen LogP contribution in [0.5, 0.6) is 0 Å². The van der Waals surface area contributed by atoms with E-state index in [0.717, 1.165) is 0 Å². The Hall–Kier alpha value is -0.720. The first-order valence-electron chi connectivity index (χ1n) is 6.92. The Morgan fingerprint density at radius 1 is 0.750 bits per heavy atom. The van der Waals surface area contributed by atoms with Crippen molar-refractivity contribution in [1.29, 1.82) is 0 Å². The van der Waals surface area contributed by atoms with Crippen LogP contribution >= 0.6 is 0 Å². The van der Waals surface area contributed by atoms with E-state index in [2.05, 4.69) is 13.8 Å². The van der Waals surface area contributed by atoms with Gasteiger partial charge in [0.25, 0.3) is 0 Å². The van der Waals surface area contributed by atoms with Crippen LogP contribution in [0, 0.1) is 0 Å². The van der Waals surface area contributed by atoms with Gasteiger partial charge in [-0.25, -0.2) is 0 Å². The molecule has 0 aromatic carbocycles. The monoisotopic (exact) mass is 222 g/mol. The van der Waals surface area contributed by atoms with E-state index in [1.807, 2.05) is 12.5 Å². The molecule has 0 saturated heterocycles. The van der Waals surface area contributed by atoms with Crippen LogP contribution in [0.4, 0.5) is 0 Å². The van der Waals surface area contributed by atoms with Gasteiger partial charge in [-0.15, -0.1) is 0 Å². The molecule has 1 heteroatoms. The standard InChI is InChI=1S/C15H26O/c1-3-5-7-9-11-15-13-16-12-14(15)10-8-6-4-2/h12-13H,3-11H2,1-2H3. The Balaban J connectivity index is 2.26. The summed E-state index contributed by atoms with van der Waals surface area (Å²) < 4.78 is 5.33. The first-order valence-corrected chi connectivity index (χ1v) is 6.92. The Bertz CT molecular complexity index is 262. The maximum atomic E-state index is 5.33. The molecule has 1 nitrogen and oxygen atoms in total. The van der Waals surface area contributed by atoms with Gasteiger partial charge in [0, 0.05) is 0 Å². The summed E-state index contributed by atoms with van der Waals surface area (Å²) >= 11 is 0. The summed E-state index contributed by atoms with van der Waals surface area (Å²) in [6.07, 6.45) is 15.6. The molecule has 0 spiro atoms. The smallest absolute Gasteiger partial charge is 0.0937 e. The highest BCUT2D eigenvalue weighted by Crippen LogP contribution is 2.17. The third-order valence-corrected chi connectivity index (χ3v) is 3.18. The largest absolute Gasteiger partial charge is 0.472 e. The highest BCUT2D eigenvalue weighted by Gasteiger charge is 2.04. The first-order chi connectivity index (χ1) is 7.88. The predicted molar refractivity (Wildman–Crippen MR) is 69.8 cm³/mol. The van der Waals surface area contributed by atoms with E-state index in [9.17, 15) is 0 Å². The number of hydrogen-bond acceptors (Lipinski definition) is 1. The zero-order valence-corrected chi connectivity index (χ0v) is 10.9. The summed E-state index contributed by atoms with van der Waals surface area (Å²) in [4.78, 5) is 0. The second kappa shape index (κ2) is 8.43. The third kappa shape index (κ3) is 4.87. The van der Waals surface area contributed by atoms with Crippen molar-refractivity contribution in [2.24, 2.45) is 0 Å². The zero-order valence-electron chi connectivity index (χ0n) is 10.9. The van der Waals surface area contributed by atoms with Crippen molar-refractivity contribution in [3.63, 3.8) is 0 Å². The molecule has 0 bridgehead atoms. The molecule has 0 aliphatic rings. The molecule has 1 aromatic rings. The van der Waals surface area contributed by atoms with E-state index in [-0.39, 0.29) is 0 Å². The summed E-state index contributed by atoms with van der Waals surface area (Å²) in [5.41, 5.74) is 2.90. The lowest BCUT2D eigenvalue weighted by Gasteiger charge is -2.02. The van der Waals surface area contributed by atoms with Crippen LogP contribution in [0.15, 0.2) is 16.9 Å². The van der Waals surface area contributed by atoms with E-state index >= 15 is 0 Å². The van der Waals surface area contributed by atoms with Gasteiger partial charge in [-0.2, -0.15) is 0 Å². The summed E-state index contributed by atoms with van der Waals surface area (Å²) in [6.45, 7) is 4.51. The molecule has 0 fully saturated rings. The molecule has 0 atom stereocenters. The summed E-state index contributed by atoms with van der Waals surface area (Å²) in [6, 6.07) is 0. The Morgan fingerprint density at radius 3 is 1.81 bits per heavy atom. The lowest BCUT2D eigenvalue weighted by Crippen LogP contribution is -1.91. The molecule has 0 saturated carbocycles. The maximum Gasteiger partial charge on any atom is 0.0937 e. The van der Waals surface area contributed by atoms with Crippen LogP contribution in [0.25, 0.3) is 0 Å². The summed E-state index contributed by atoms with van der Waals surface area (Å²) in [5.74, 6) is 0.